The summed E-state index contributed by atoms with van der Waals surface area (Å²) < 4.78 is 10.7. The third kappa shape index (κ3) is 4.87. The number of hydrogen-bond acceptors (Lipinski definition) is 3. The molecule has 1 aromatic carbocycles. The third-order valence-corrected chi connectivity index (χ3v) is 2.70. The molecule has 0 N–H and O–H groups in total. The number of esters is 1. The Balaban J connectivity index is 3.03. The second-order valence-electron chi connectivity index (χ2n) is 4.56. The molecule has 3 nitrogen and oxygen atoms in total. The van der Waals surface area contributed by atoms with Crippen molar-refractivity contribution < 1.29 is 14.3 Å². The summed E-state index contributed by atoms with van der Waals surface area (Å²) in [5, 5.41) is 0. The summed E-state index contributed by atoms with van der Waals surface area (Å²) in [4.78, 5) is 12.1. The van der Waals surface area contributed by atoms with E-state index in [0.29, 0.717) is 12.2 Å². The van der Waals surface area contributed by atoms with Crippen LogP contribution >= 0.6 is 0 Å². The first-order valence-electron chi connectivity index (χ1n) is 6.60. The fourth-order valence-corrected chi connectivity index (χ4v) is 1.67. The van der Waals surface area contributed by atoms with Crippen molar-refractivity contribution in [2.45, 2.75) is 33.8 Å². The predicted molar refractivity (Wildman–Crippen MR) is 76.8 cm³/mol. The lowest BCUT2D eigenvalue weighted by Crippen LogP contribution is -2.18. The van der Waals surface area contributed by atoms with Crippen molar-refractivity contribution in [2.24, 2.45) is 0 Å². The van der Waals surface area contributed by atoms with E-state index in [2.05, 4.69) is 0 Å². The zero-order chi connectivity index (χ0) is 14.3. The van der Waals surface area contributed by atoms with Gasteiger partial charge in [0.25, 0.3) is 0 Å². The summed E-state index contributed by atoms with van der Waals surface area (Å²) in [7, 11) is 0. The lowest BCUT2D eigenvalue weighted by atomic mass is 10.0. The first-order valence-corrected chi connectivity index (χ1v) is 6.60. The number of carbonyl (C=O) groups is 1. The molecule has 19 heavy (non-hydrogen) atoms. The molecule has 1 rings (SSSR count). The van der Waals surface area contributed by atoms with Gasteiger partial charge in [0.2, 0.25) is 0 Å². The van der Waals surface area contributed by atoms with Crippen LogP contribution in [-0.4, -0.2) is 25.3 Å². The van der Waals surface area contributed by atoms with Gasteiger partial charge in [-0.05, 0) is 38.8 Å². The highest BCUT2D eigenvalue weighted by Gasteiger charge is 2.17. The highest BCUT2D eigenvalue weighted by atomic mass is 16.5. The van der Waals surface area contributed by atoms with Gasteiger partial charge in [0, 0.05) is 6.61 Å². The Kier molecular flexibility index (Phi) is 6.30. The molecule has 0 unspecified atom stereocenters. The number of allylic oxidation sites excluding steroid dienone is 1. The summed E-state index contributed by atoms with van der Waals surface area (Å²) in [6.07, 6.45) is -0.132. The van der Waals surface area contributed by atoms with Crippen LogP contribution in [0.2, 0.25) is 0 Å². The number of rotatable bonds is 6. The zero-order valence-corrected chi connectivity index (χ0v) is 12.1. The lowest BCUT2D eigenvalue weighted by Gasteiger charge is -2.14. The lowest BCUT2D eigenvalue weighted by molar-refractivity contribution is -0.143. The van der Waals surface area contributed by atoms with Crippen LogP contribution < -0.4 is 0 Å². The van der Waals surface area contributed by atoms with E-state index in [4.69, 9.17) is 9.47 Å². The first kappa shape index (κ1) is 15.4. The largest absolute Gasteiger partial charge is 0.460 e. The van der Waals surface area contributed by atoms with E-state index in [0.717, 1.165) is 11.1 Å². The molecule has 0 atom stereocenters. The third-order valence-electron chi connectivity index (χ3n) is 2.70. The van der Waals surface area contributed by atoms with Gasteiger partial charge in [0.15, 0.2) is 0 Å². The minimum atomic E-state index is -0.301. The summed E-state index contributed by atoms with van der Waals surface area (Å²) in [6, 6.07) is 9.80. The minimum absolute atomic E-state index is 0.132. The van der Waals surface area contributed by atoms with Crippen molar-refractivity contribution in [1.82, 2.24) is 0 Å². The van der Waals surface area contributed by atoms with Gasteiger partial charge in [-0.15, -0.1) is 0 Å². The molecule has 0 aliphatic rings. The number of ether oxygens (including phenoxy) is 2. The summed E-state index contributed by atoms with van der Waals surface area (Å²) in [6.45, 7) is 8.36. The van der Waals surface area contributed by atoms with E-state index in [9.17, 15) is 4.79 Å². The van der Waals surface area contributed by atoms with Crippen LogP contribution in [-0.2, 0) is 14.3 Å². The van der Waals surface area contributed by atoms with Crippen LogP contribution in [0.25, 0.3) is 5.57 Å². The molecule has 0 aliphatic heterocycles. The Hall–Kier alpha value is -1.61. The van der Waals surface area contributed by atoms with E-state index in [1.807, 2.05) is 58.0 Å². The van der Waals surface area contributed by atoms with E-state index >= 15 is 0 Å². The van der Waals surface area contributed by atoms with Crippen LogP contribution in [0.5, 0.6) is 0 Å². The number of benzene rings is 1. The Bertz CT molecular complexity index is 433. The van der Waals surface area contributed by atoms with Gasteiger partial charge in [0.05, 0.1) is 18.3 Å². The van der Waals surface area contributed by atoms with Crippen molar-refractivity contribution in [2.75, 3.05) is 13.2 Å². The molecule has 0 heterocycles. The van der Waals surface area contributed by atoms with Gasteiger partial charge in [-0.1, -0.05) is 30.3 Å². The van der Waals surface area contributed by atoms with Gasteiger partial charge in [-0.3, -0.25) is 0 Å². The fraction of sp³-hybridized carbons (Fsp3) is 0.438. The molecule has 0 fully saturated rings. The van der Waals surface area contributed by atoms with Crippen molar-refractivity contribution in [3.05, 3.63) is 41.5 Å². The second-order valence-corrected chi connectivity index (χ2v) is 4.56. The van der Waals surface area contributed by atoms with E-state index < -0.39 is 0 Å². The highest BCUT2D eigenvalue weighted by Crippen LogP contribution is 2.19. The summed E-state index contributed by atoms with van der Waals surface area (Å²) >= 11 is 0. The van der Waals surface area contributed by atoms with Crippen LogP contribution in [0.1, 0.15) is 33.3 Å². The van der Waals surface area contributed by atoms with Crippen molar-refractivity contribution in [1.29, 1.82) is 0 Å². The van der Waals surface area contributed by atoms with Crippen molar-refractivity contribution in [3.63, 3.8) is 0 Å². The van der Waals surface area contributed by atoms with Crippen LogP contribution in [0.3, 0.4) is 0 Å². The van der Waals surface area contributed by atoms with Crippen LogP contribution in [0.4, 0.5) is 0 Å². The fourth-order valence-electron chi connectivity index (χ4n) is 1.67. The van der Waals surface area contributed by atoms with Gasteiger partial charge < -0.3 is 9.47 Å². The number of hydrogen-bond donors (Lipinski definition) is 0. The molecule has 0 aromatic heterocycles. The Morgan fingerprint density at radius 1 is 1.21 bits per heavy atom. The maximum Gasteiger partial charge on any atom is 0.336 e. The quantitative estimate of drug-likeness (QED) is 0.582. The van der Waals surface area contributed by atoms with E-state index in [1.54, 1.807) is 0 Å². The molecule has 0 saturated heterocycles. The van der Waals surface area contributed by atoms with Gasteiger partial charge in [0.1, 0.15) is 0 Å². The minimum Gasteiger partial charge on any atom is -0.460 e. The average molecular weight is 262 g/mol. The molecule has 0 saturated carbocycles. The second kappa shape index (κ2) is 7.74. The molecular weight excluding hydrogens is 240 g/mol. The first-order chi connectivity index (χ1) is 9.06. The zero-order valence-electron chi connectivity index (χ0n) is 12.1. The molecule has 104 valence electrons. The van der Waals surface area contributed by atoms with Gasteiger partial charge >= 0.3 is 5.97 Å². The summed E-state index contributed by atoms with van der Waals surface area (Å²) in [5.74, 6) is -0.301. The maximum absolute atomic E-state index is 12.1. The smallest absolute Gasteiger partial charge is 0.336 e. The molecule has 0 radical (unpaired) electrons. The van der Waals surface area contributed by atoms with Crippen LogP contribution in [0, 0.1) is 0 Å². The Morgan fingerprint density at radius 2 is 1.84 bits per heavy atom. The number of carbonyl (C=O) groups excluding carboxylic acids is 1. The SMILES string of the molecule is CCOCC(C(=O)OC(C)C)=C(C)c1ccccc1. The molecule has 0 bridgehead atoms. The Labute approximate surface area is 115 Å². The molecule has 0 spiro atoms. The van der Waals surface area contributed by atoms with E-state index in [-0.39, 0.29) is 18.7 Å². The normalized spacial score (nSPS) is 12.3. The molecular formula is C16H22O3. The topological polar surface area (TPSA) is 35.5 Å². The Morgan fingerprint density at radius 3 is 2.37 bits per heavy atom. The monoisotopic (exact) mass is 262 g/mol. The molecule has 0 aliphatic carbocycles. The highest BCUT2D eigenvalue weighted by molar-refractivity contribution is 5.97. The molecule has 1 aromatic rings. The average Bonchev–Trinajstić information content (AvgIpc) is 2.39. The predicted octanol–water partition coefficient (Wildman–Crippen LogP) is 3.45. The van der Waals surface area contributed by atoms with Gasteiger partial charge in [-0.25, -0.2) is 4.79 Å². The summed E-state index contributed by atoms with van der Waals surface area (Å²) in [5.41, 5.74) is 2.50. The molecule has 0 amide bonds. The van der Waals surface area contributed by atoms with Crippen LogP contribution in [0.15, 0.2) is 35.9 Å². The van der Waals surface area contributed by atoms with Gasteiger partial charge in [-0.2, -0.15) is 0 Å². The molecule has 3 heteroatoms. The van der Waals surface area contributed by atoms with E-state index in [1.165, 1.54) is 0 Å². The maximum atomic E-state index is 12.1. The van der Waals surface area contributed by atoms with Crippen molar-refractivity contribution in [3.8, 4) is 0 Å². The standard InChI is InChI=1S/C16H22O3/c1-5-18-11-15(16(17)19-12(2)3)13(4)14-9-7-6-8-10-14/h6-10,12H,5,11H2,1-4H3. The van der Waals surface area contributed by atoms with Crippen molar-refractivity contribution >= 4 is 11.5 Å².